The lowest BCUT2D eigenvalue weighted by atomic mass is 10.2. The first-order valence-electron chi connectivity index (χ1n) is 6.37. The Morgan fingerprint density at radius 1 is 1.41 bits per heavy atom. The smallest absolute Gasteiger partial charge is 0.0345 e. The number of thiophene rings is 1. The lowest BCUT2D eigenvalue weighted by Crippen LogP contribution is -2.53. The largest absolute Gasteiger partial charge is 0.315 e. The summed E-state index contributed by atoms with van der Waals surface area (Å²) >= 11 is 1.85. The van der Waals surface area contributed by atoms with Gasteiger partial charge in [-0.3, -0.25) is 4.90 Å². The highest BCUT2D eigenvalue weighted by Gasteiger charge is 2.21. The Morgan fingerprint density at radius 2 is 2.29 bits per heavy atom. The van der Waals surface area contributed by atoms with Crippen LogP contribution in [-0.2, 0) is 6.42 Å². The number of likely N-dealkylation sites (N-methyl/N-ethyl adjacent to an activating group) is 2. The van der Waals surface area contributed by atoms with Crippen molar-refractivity contribution in [2.24, 2.45) is 0 Å². The van der Waals surface area contributed by atoms with E-state index in [2.05, 4.69) is 46.7 Å². The van der Waals surface area contributed by atoms with Crippen molar-refractivity contribution in [1.82, 2.24) is 15.1 Å². The van der Waals surface area contributed by atoms with Crippen molar-refractivity contribution in [2.75, 3.05) is 46.8 Å². The molecule has 0 amide bonds. The normalized spacial score (nSPS) is 23.1. The molecule has 1 aromatic heterocycles. The van der Waals surface area contributed by atoms with Crippen LogP contribution in [0.5, 0.6) is 0 Å². The minimum atomic E-state index is 0.664. The van der Waals surface area contributed by atoms with E-state index in [0.717, 1.165) is 19.5 Å². The molecule has 0 aliphatic carbocycles. The predicted octanol–water partition coefficient (Wildman–Crippen LogP) is 1.13. The summed E-state index contributed by atoms with van der Waals surface area (Å²) in [6.07, 6.45) is 1.16. The van der Waals surface area contributed by atoms with Gasteiger partial charge in [0.05, 0.1) is 0 Å². The maximum atomic E-state index is 3.58. The average molecular weight is 253 g/mol. The third kappa shape index (κ3) is 4.07. The molecule has 1 aliphatic rings. The number of hydrogen-bond donors (Lipinski definition) is 1. The van der Waals surface area contributed by atoms with Gasteiger partial charge in [-0.05, 0) is 32.0 Å². The Hall–Kier alpha value is -0.420. The summed E-state index contributed by atoms with van der Waals surface area (Å²) < 4.78 is 0. The van der Waals surface area contributed by atoms with Crippen LogP contribution in [0.25, 0.3) is 0 Å². The predicted molar refractivity (Wildman–Crippen MR) is 74.8 cm³/mol. The number of hydrogen-bond acceptors (Lipinski definition) is 4. The van der Waals surface area contributed by atoms with E-state index in [-0.39, 0.29) is 0 Å². The number of rotatable bonds is 5. The van der Waals surface area contributed by atoms with Crippen LogP contribution < -0.4 is 5.32 Å². The van der Waals surface area contributed by atoms with Crippen molar-refractivity contribution in [3.8, 4) is 0 Å². The summed E-state index contributed by atoms with van der Waals surface area (Å²) in [5.41, 5.74) is 0. The molecule has 0 bridgehead atoms. The Kier molecular flexibility index (Phi) is 4.98. The van der Waals surface area contributed by atoms with Crippen LogP contribution in [-0.4, -0.2) is 62.7 Å². The third-order valence-electron chi connectivity index (χ3n) is 3.49. The fourth-order valence-electron chi connectivity index (χ4n) is 2.26. The molecule has 0 aromatic carbocycles. The van der Waals surface area contributed by atoms with E-state index in [1.807, 2.05) is 11.3 Å². The van der Waals surface area contributed by atoms with Gasteiger partial charge in [0.1, 0.15) is 0 Å². The van der Waals surface area contributed by atoms with Crippen molar-refractivity contribution in [2.45, 2.75) is 12.5 Å². The van der Waals surface area contributed by atoms with Crippen LogP contribution in [0.2, 0.25) is 0 Å². The Morgan fingerprint density at radius 3 is 3.06 bits per heavy atom. The van der Waals surface area contributed by atoms with Gasteiger partial charge in [0.2, 0.25) is 0 Å². The molecule has 2 heterocycles. The summed E-state index contributed by atoms with van der Waals surface area (Å²) in [7, 11) is 4.45. The van der Waals surface area contributed by atoms with E-state index in [0.29, 0.717) is 6.04 Å². The van der Waals surface area contributed by atoms with Gasteiger partial charge < -0.3 is 10.2 Å². The highest BCUT2D eigenvalue weighted by atomic mass is 32.1. The molecule has 0 saturated carbocycles. The molecular weight excluding hydrogens is 230 g/mol. The van der Waals surface area contributed by atoms with Crippen molar-refractivity contribution in [3.05, 3.63) is 22.4 Å². The fourth-order valence-corrected chi connectivity index (χ4v) is 2.97. The van der Waals surface area contributed by atoms with Crippen LogP contribution in [0.1, 0.15) is 4.88 Å². The number of piperazine rings is 1. The van der Waals surface area contributed by atoms with E-state index in [9.17, 15) is 0 Å². The lowest BCUT2D eigenvalue weighted by Gasteiger charge is -2.37. The van der Waals surface area contributed by atoms with Crippen LogP contribution in [0.4, 0.5) is 0 Å². The zero-order valence-electron chi connectivity index (χ0n) is 10.9. The number of nitrogens with zero attached hydrogens (tertiary/aromatic N) is 2. The molecule has 1 fully saturated rings. The van der Waals surface area contributed by atoms with Crippen molar-refractivity contribution < 1.29 is 0 Å². The lowest BCUT2D eigenvalue weighted by molar-refractivity contribution is 0.114. The van der Waals surface area contributed by atoms with Crippen molar-refractivity contribution in [3.63, 3.8) is 0 Å². The van der Waals surface area contributed by atoms with Gasteiger partial charge in [-0.2, -0.15) is 0 Å². The van der Waals surface area contributed by atoms with Crippen molar-refractivity contribution in [1.29, 1.82) is 0 Å². The van der Waals surface area contributed by atoms with E-state index >= 15 is 0 Å². The molecule has 1 aliphatic heterocycles. The van der Waals surface area contributed by atoms with Crippen LogP contribution in [0.3, 0.4) is 0 Å². The molecule has 0 radical (unpaired) electrons. The molecule has 3 nitrogen and oxygen atoms in total. The van der Waals surface area contributed by atoms with E-state index < -0.39 is 0 Å². The maximum absolute atomic E-state index is 3.58. The first-order chi connectivity index (χ1) is 8.25. The maximum Gasteiger partial charge on any atom is 0.0345 e. The molecule has 17 heavy (non-hydrogen) atoms. The first kappa shape index (κ1) is 13.0. The molecule has 0 spiro atoms. The quantitative estimate of drug-likeness (QED) is 0.794. The van der Waals surface area contributed by atoms with Crippen LogP contribution in [0.15, 0.2) is 17.5 Å². The molecule has 96 valence electrons. The highest BCUT2D eigenvalue weighted by Crippen LogP contribution is 2.08. The van der Waals surface area contributed by atoms with Gasteiger partial charge in [0.25, 0.3) is 0 Å². The minimum absolute atomic E-state index is 0.664. The summed E-state index contributed by atoms with van der Waals surface area (Å²) in [6, 6.07) is 5.01. The molecule has 2 rings (SSSR count). The zero-order chi connectivity index (χ0) is 12.1. The molecule has 1 aromatic rings. The number of nitrogens with one attached hydrogen (secondary N) is 1. The SMILES string of the molecule is CN1CCN(C)C(CNCCc2cccs2)C1. The minimum Gasteiger partial charge on any atom is -0.315 e. The van der Waals surface area contributed by atoms with Crippen LogP contribution >= 0.6 is 11.3 Å². The van der Waals surface area contributed by atoms with Gasteiger partial charge >= 0.3 is 0 Å². The molecule has 1 N–H and O–H groups in total. The monoisotopic (exact) mass is 253 g/mol. The first-order valence-corrected chi connectivity index (χ1v) is 7.25. The second-order valence-electron chi connectivity index (χ2n) is 4.93. The molecule has 1 atom stereocenters. The van der Waals surface area contributed by atoms with Crippen LogP contribution in [0, 0.1) is 0 Å². The van der Waals surface area contributed by atoms with E-state index in [4.69, 9.17) is 0 Å². The van der Waals surface area contributed by atoms with Gasteiger partial charge in [0, 0.05) is 43.6 Å². The Balaban J connectivity index is 1.64. The van der Waals surface area contributed by atoms with Gasteiger partial charge in [-0.15, -0.1) is 11.3 Å². The third-order valence-corrected chi connectivity index (χ3v) is 4.42. The molecule has 1 unspecified atom stereocenters. The van der Waals surface area contributed by atoms with E-state index in [1.165, 1.54) is 24.5 Å². The molecule has 1 saturated heterocycles. The summed E-state index contributed by atoms with van der Waals surface area (Å²) in [5.74, 6) is 0. The van der Waals surface area contributed by atoms with Gasteiger partial charge in [0.15, 0.2) is 0 Å². The zero-order valence-corrected chi connectivity index (χ0v) is 11.7. The standard InChI is InChI=1S/C13H23N3S/c1-15-7-8-16(2)12(11-15)10-14-6-5-13-4-3-9-17-13/h3-4,9,12,14H,5-8,10-11H2,1-2H3. The van der Waals surface area contributed by atoms with Gasteiger partial charge in [-0.25, -0.2) is 0 Å². The highest BCUT2D eigenvalue weighted by molar-refractivity contribution is 7.09. The summed E-state index contributed by atoms with van der Waals surface area (Å²) in [4.78, 5) is 6.37. The Labute approximate surface area is 108 Å². The summed E-state index contributed by atoms with van der Waals surface area (Å²) in [6.45, 7) is 5.76. The topological polar surface area (TPSA) is 18.5 Å². The Bertz CT molecular complexity index is 312. The second kappa shape index (κ2) is 6.50. The second-order valence-corrected chi connectivity index (χ2v) is 5.96. The fraction of sp³-hybridized carbons (Fsp3) is 0.692. The summed E-state index contributed by atoms with van der Waals surface area (Å²) in [5, 5.41) is 5.73. The van der Waals surface area contributed by atoms with Crippen molar-refractivity contribution >= 4 is 11.3 Å². The van der Waals surface area contributed by atoms with E-state index in [1.54, 1.807) is 0 Å². The molecular formula is C13H23N3S. The van der Waals surface area contributed by atoms with Gasteiger partial charge in [-0.1, -0.05) is 6.07 Å². The average Bonchev–Trinajstić information content (AvgIpc) is 2.82. The molecule has 4 heteroatoms.